The average molecular weight is 289 g/mol. The van der Waals surface area contributed by atoms with Gasteiger partial charge >= 0.3 is 0 Å². The van der Waals surface area contributed by atoms with Crippen LogP contribution in [0, 0.1) is 5.82 Å². The van der Waals surface area contributed by atoms with E-state index in [0.29, 0.717) is 5.95 Å². The molecule has 1 saturated heterocycles. The minimum Gasteiger partial charge on any atom is -0.338 e. The molecule has 0 radical (unpaired) electrons. The van der Waals surface area contributed by atoms with Crippen molar-refractivity contribution in [3.8, 4) is 0 Å². The number of alkyl halides is 1. The predicted octanol–water partition coefficient (Wildman–Crippen LogP) is 1.13. The van der Waals surface area contributed by atoms with Crippen molar-refractivity contribution in [2.75, 3.05) is 43.0 Å². The summed E-state index contributed by atoms with van der Waals surface area (Å²) < 4.78 is 12.7. The molecule has 0 bridgehead atoms. The zero-order valence-corrected chi connectivity index (χ0v) is 10.5. The first kappa shape index (κ1) is 11.7. The van der Waals surface area contributed by atoms with E-state index in [1.54, 1.807) is 0 Å². The lowest BCUT2D eigenvalue weighted by Crippen LogP contribution is -2.47. The summed E-state index contributed by atoms with van der Waals surface area (Å²) in [6.07, 6.45) is 2.43. The first-order valence-electron chi connectivity index (χ1n) is 5.30. The van der Waals surface area contributed by atoms with Crippen molar-refractivity contribution in [3.05, 3.63) is 18.2 Å². The van der Waals surface area contributed by atoms with Crippen molar-refractivity contribution in [3.63, 3.8) is 0 Å². The van der Waals surface area contributed by atoms with Crippen LogP contribution in [0.1, 0.15) is 0 Å². The second-order valence-electron chi connectivity index (χ2n) is 3.72. The van der Waals surface area contributed by atoms with Gasteiger partial charge in [-0.05, 0) is 0 Å². The lowest BCUT2D eigenvalue weighted by Gasteiger charge is -2.34. The Labute approximate surface area is 103 Å². The Balaban J connectivity index is 1.91. The van der Waals surface area contributed by atoms with Gasteiger partial charge in [0.05, 0.1) is 12.4 Å². The van der Waals surface area contributed by atoms with Gasteiger partial charge < -0.3 is 4.90 Å². The molecule has 0 N–H and O–H groups in total. The standard InChI is InChI=1S/C10H14BrFN4/c11-1-2-15-3-5-16(6-4-15)10-13-7-9(12)8-14-10/h7-8H,1-6H2. The number of anilines is 1. The molecule has 1 aliphatic heterocycles. The third-order valence-corrected chi connectivity index (χ3v) is 3.02. The molecule has 16 heavy (non-hydrogen) atoms. The highest BCUT2D eigenvalue weighted by Crippen LogP contribution is 2.10. The SMILES string of the molecule is Fc1cnc(N2CCN(CCBr)CC2)nc1. The highest BCUT2D eigenvalue weighted by molar-refractivity contribution is 9.09. The van der Waals surface area contributed by atoms with E-state index in [9.17, 15) is 4.39 Å². The molecule has 0 atom stereocenters. The fourth-order valence-electron chi connectivity index (χ4n) is 1.76. The summed E-state index contributed by atoms with van der Waals surface area (Å²) in [7, 11) is 0. The maximum atomic E-state index is 12.7. The van der Waals surface area contributed by atoms with Gasteiger partial charge in [-0.1, -0.05) is 15.9 Å². The van der Waals surface area contributed by atoms with Crippen molar-refractivity contribution < 1.29 is 4.39 Å². The van der Waals surface area contributed by atoms with Gasteiger partial charge in [-0.3, -0.25) is 4.90 Å². The number of nitrogens with zero attached hydrogens (tertiary/aromatic N) is 4. The molecule has 0 saturated carbocycles. The molecule has 88 valence electrons. The van der Waals surface area contributed by atoms with Gasteiger partial charge in [0, 0.05) is 38.1 Å². The van der Waals surface area contributed by atoms with E-state index in [1.807, 2.05) is 0 Å². The van der Waals surface area contributed by atoms with Crippen LogP contribution in [0.3, 0.4) is 0 Å². The van der Waals surface area contributed by atoms with E-state index >= 15 is 0 Å². The Morgan fingerprint density at radius 3 is 2.38 bits per heavy atom. The fraction of sp³-hybridized carbons (Fsp3) is 0.600. The number of halogens is 2. The van der Waals surface area contributed by atoms with Crippen LogP contribution in [0.4, 0.5) is 10.3 Å². The number of piperazine rings is 1. The molecule has 4 nitrogen and oxygen atoms in total. The molecule has 0 spiro atoms. The largest absolute Gasteiger partial charge is 0.338 e. The third kappa shape index (κ3) is 2.89. The smallest absolute Gasteiger partial charge is 0.225 e. The average Bonchev–Trinajstić information content (AvgIpc) is 2.32. The van der Waals surface area contributed by atoms with Crippen LogP contribution in [0.25, 0.3) is 0 Å². The molecule has 0 amide bonds. The van der Waals surface area contributed by atoms with E-state index < -0.39 is 0 Å². The molecular weight excluding hydrogens is 275 g/mol. The van der Waals surface area contributed by atoms with Gasteiger partial charge in [-0.25, -0.2) is 14.4 Å². The van der Waals surface area contributed by atoms with Crippen LogP contribution in [-0.4, -0.2) is 52.9 Å². The first-order valence-corrected chi connectivity index (χ1v) is 6.42. The number of hydrogen-bond donors (Lipinski definition) is 0. The van der Waals surface area contributed by atoms with Gasteiger partial charge in [0.2, 0.25) is 5.95 Å². The van der Waals surface area contributed by atoms with Crippen LogP contribution >= 0.6 is 15.9 Å². The topological polar surface area (TPSA) is 32.3 Å². The quantitative estimate of drug-likeness (QED) is 0.781. The summed E-state index contributed by atoms with van der Waals surface area (Å²) in [6.45, 7) is 4.88. The minimum atomic E-state index is -0.387. The second-order valence-corrected chi connectivity index (χ2v) is 4.51. The summed E-state index contributed by atoms with van der Waals surface area (Å²) in [5, 5.41) is 1.00. The van der Waals surface area contributed by atoms with Crippen LogP contribution in [0.2, 0.25) is 0 Å². The Hall–Kier alpha value is -0.750. The molecule has 2 heterocycles. The van der Waals surface area contributed by atoms with Crippen molar-refractivity contribution >= 4 is 21.9 Å². The van der Waals surface area contributed by atoms with Crippen LogP contribution in [-0.2, 0) is 0 Å². The van der Waals surface area contributed by atoms with Gasteiger partial charge in [0.1, 0.15) is 0 Å². The highest BCUT2D eigenvalue weighted by atomic mass is 79.9. The molecule has 2 rings (SSSR count). The molecule has 1 aliphatic rings. The van der Waals surface area contributed by atoms with E-state index in [4.69, 9.17) is 0 Å². The monoisotopic (exact) mass is 288 g/mol. The van der Waals surface area contributed by atoms with E-state index in [2.05, 4.69) is 35.7 Å². The Morgan fingerprint density at radius 2 is 1.81 bits per heavy atom. The van der Waals surface area contributed by atoms with Gasteiger partial charge in [0.15, 0.2) is 5.82 Å². The molecule has 1 fully saturated rings. The van der Waals surface area contributed by atoms with E-state index in [1.165, 1.54) is 12.4 Å². The van der Waals surface area contributed by atoms with Crippen molar-refractivity contribution in [2.45, 2.75) is 0 Å². The molecule has 6 heteroatoms. The van der Waals surface area contributed by atoms with Gasteiger partial charge in [-0.2, -0.15) is 0 Å². The van der Waals surface area contributed by atoms with Crippen LogP contribution < -0.4 is 4.90 Å². The predicted molar refractivity (Wildman–Crippen MR) is 64.4 cm³/mol. The van der Waals surface area contributed by atoms with Crippen molar-refractivity contribution in [1.29, 1.82) is 0 Å². The van der Waals surface area contributed by atoms with Gasteiger partial charge in [0.25, 0.3) is 0 Å². The summed E-state index contributed by atoms with van der Waals surface area (Å²) in [6, 6.07) is 0. The van der Waals surface area contributed by atoms with Crippen molar-refractivity contribution in [2.24, 2.45) is 0 Å². The van der Waals surface area contributed by atoms with Gasteiger partial charge in [-0.15, -0.1) is 0 Å². The summed E-state index contributed by atoms with van der Waals surface area (Å²) >= 11 is 3.43. The third-order valence-electron chi connectivity index (χ3n) is 2.66. The zero-order chi connectivity index (χ0) is 11.4. The molecule has 0 aromatic carbocycles. The molecule has 1 aromatic rings. The van der Waals surface area contributed by atoms with Crippen LogP contribution in [0.5, 0.6) is 0 Å². The summed E-state index contributed by atoms with van der Waals surface area (Å²) in [5.74, 6) is 0.238. The lowest BCUT2D eigenvalue weighted by molar-refractivity contribution is 0.272. The zero-order valence-electron chi connectivity index (χ0n) is 8.94. The number of rotatable bonds is 3. The fourth-order valence-corrected chi connectivity index (χ4v) is 2.26. The number of hydrogen-bond acceptors (Lipinski definition) is 4. The second kappa shape index (κ2) is 5.54. The molecule has 1 aromatic heterocycles. The first-order chi connectivity index (χ1) is 7.79. The lowest BCUT2D eigenvalue weighted by atomic mass is 10.3. The maximum Gasteiger partial charge on any atom is 0.225 e. The van der Waals surface area contributed by atoms with Crippen molar-refractivity contribution in [1.82, 2.24) is 14.9 Å². The molecular formula is C10H14BrFN4. The summed E-state index contributed by atoms with van der Waals surface area (Å²) in [5.41, 5.74) is 0. The Morgan fingerprint density at radius 1 is 1.19 bits per heavy atom. The molecule has 0 unspecified atom stereocenters. The van der Waals surface area contributed by atoms with Crippen LogP contribution in [0.15, 0.2) is 12.4 Å². The summed E-state index contributed by atoms with van der Waals surface area (Å²) in [4.78, 5) is 12.4. The van der Waals surface area contributed by atoms with E-state index in [-0.39, 0.29) is 5.82 Å². The Bertz CT molecular complexity index is 324. The Kier molecular flexibility index (Phi) is 4.06. The number of aromatic nitrogens is 2. The maximum absolute atomic E-state index is 12.7. The highest BCUT2D eigenvalue weighted by Gasteiger charge is 2.18. The normalized spacial score (nSPS) is 17.8. The molecule has 0 aliphatic carbocycles. The minimum absolute atomic E-state index is 0.387. The van der Waals surface area contributed by atoms with E-state index in [0.717, 1.165) is 38.1 Å².